The quantitative estimate of drug-likeness (QED) is 0.621. The highest BCUT2D eigenvalue weighted by molar-refractivity contribution is 7.92. The van der Waals surface area contributed by atoms with Gasteiger partial charge >= 0.3 is 0 Å². The number of aryl methyl sites for hydroxylation is 1. The molecule has 30 heavy (non-hydrogen) atoms. The second-order valence-corrected chi connectivity index (χ2v) is 9.07. The summed E-state index contributed by atoms with van der Waals surface area (Å²) in [6.45, 7) is 5.76. The number of rotatable bonds is 10. The lowest BCUT2D eigenvalue weighted by atomic mass is 10.1. The predicted octanol–water partition coefficient (Wildman–Crippen LogP) is 3.13. The Kier molecular flexibility index (Phi) is 8.11. The Morgan fingerprint density at radius 2 is 1.63 bits per heavy atom. The highest BCUT2D eigenvalue weighted by Crippen LogP contribution is 2.23. The van der Waals surface area contributed by atoms with Crippen LogP contribution >= 0.6 is 0 Å². The molecule has 2 aromatic carbocycles. The van der Waals surface area contributed by atoms with Gasteiger partial charge in [-0.2, -0.15) is 0 Å². The number of carbonyl (C=O) groups is 1. The summed E-state index contributed by atoms with van der Waals surface area (Å²) in [6.07, 6.45) is 1.44. The van der Waals surface area contributed by atoms with Gasteiger partial charge in [0.15, 0.2) is 0 Å². The molecular formula is C22H30N2O5S. The van der Waals surface area contributed by atoms with Crippen LogP contribution in [0.5, 0.6) is 11.5 Å². The molecule has 2 atom stereocenters. The Balaban J connectivity index is 2.07. The summed E-state index contributed by atoms with van der Waals surface area (Å²) < 4.78 is 37.0. The number of methoxy groups -OCH3 is 1. The first-order chi connectivity index (χ1) is 14.2. The zero-order chi connectivity index (χ0) is 22.3. The predicted molar refractivity (Wildman–Crippen MR) is 119 cm³/mol. The molecule has 0 radical (unpaired) electrons. The normalized spacial score (nSPS) is 13.2. The number of nitrogens with zero attached hydrogens (tertiary/aromatic N) is 1. The number of carbonyl (C=O) groups excluding carboxylic acids is 1. The Hall–Kier alpha value is -2.74. The maximum absolute atomic E-state index is 12.9. The summed E-state index contributed by atoms with van der Waals surface area (Å²) in [7, 11) is -2.06. The Morgan fingerprint density at radius 3 is 2.13 bits per heavy atom. The van der Waals surface area contributed by atoms with Gasteiger partial charge in [-0.25, -0.2) is 8.42 Å². The molecule has 2 rings (SSSR count). The van der Waals surface area contributed by atoms with Gasteiger partial charge < -0.3 is 14.8 Å². The maximum Gasteiger partial charge on any atom is 0.244 e. The lowest BCUT2D eigenvalue weighted by molar-refractivity contribution is -0.123. The number of benzene rings is 2. The van der Waals surface area contributed by atoms with Crippen LogP contribution in [-0.2, 0) is 14.8 Å². The van der Waals surface area contributed by atoms with E-state index in [0.29, 0.717) is 17.9 Å². The highest BCUT2D eigenvalue weighted by atomic mass is 32.2. The van der Waals surface area contributed by atoms with Crippen molar-refractivity contribution < 1.29 is 22.7 Å². The minimum atomic E-state index is -3.66. The molecule has 0 aliphatic heterocycles. The summed E-state index contributed by atoms with van der Waals surface area (Å²) in [6, 6.07) is 13.0. The SMILES string of the molecule is CCC(C(=O)NC(C)COc1ccc(OC)cc1)N(c1ccc(C)cc1)S(C)(=O)=O. The molecular weight excluding hydrogens is 404 g/mol. The Bertz CT molecular complexity index is 927. The molecule has 1 amide bonds. The average Bonchev–Trinajstić information content (AvgIpc) is 2.70. The number of amides is 1. The van der Waals surface area contributed by atoms with E-state index in [1.165, 1.54) is 4.31 Å². The van der Waals surface area contributed by atoms with Crippen molar-refractivity contribution >= 4 is 21.6 Å². The first kappa shape index (κ1) is 23.5. The van der Waals surface area contributed by atoms with Crippen LogP contribution in [0.3, 0.4) is 0 Å². The van der Waals surface area contributed by atoms with Gasteiger partial charge in [0, 0.05) is 0 Å². The average molecular weight is 435 g/mol. The molecule has 0 saturated carbocycles. The van der Waals surface area contributed by atoms with E-state index in [1.54, 1.807) is 50.4 Å². The molecule has 0 spiro atoms. The van der Waals surface area contributed by atoms with E-state index in [1.807, 2.05) is 26.0 Å². The number of anilines is 1. The van der Waals surface area contributed by atoms with Crippen molar-refractivity contribution in [2.24, 2.45) is 0 Å². The molecule has 7 nitrogen and oxygen atoms in total. The Labute approximate surface area is 179 Å². The van der Waals surface area contributed by atoms with E-state index < -0.39 is 16.1 Å². The molecule has 1 N–H and O–H groups in total. The maximum atomic E-state index is 12.9. The standard InChI is InChI=1S/C22H30N2O5S/c1-6-21(24(30(5,26)27)18-9-7-16(2)8-10-18)22(25)23-17(3)15-29-20-13-11-19(28-4)12-14-20/h7-14,17,21H,6,15H2,1-5H3,(H,23,25). The van der Waals surface area contributed by atoms with Crippen molar-refractivity contribution in [1.29, 1.82) is 0 Å². The van der Waals surface area contributed by atoms with Gasteiger partial charge in [-0.3, -0.25) is 9.10 Å². The zero-order valence-electron chi connectivity index (χ0n) is 18.1. The summed E-state index contributed by atoms with van der Waals surface area (Å²) in [5.41, 5.74) is 1.47. The van der Waals surface area contributed by atoms with Crippen LogP contribution < -0.4 is 19.1 Å². The topological polar surface area (TPSA) is 84.9 Å². The van der Waals surface area contributed by atoms with Gasteiger partial charge in [0.05, 0.1) is 25.1 Å². The lowest BCUT2D eigenvalue weighted by Gasteiger charge is -2.31. The fourth-order valence-corrected chi connectivity index (χ4v) is 4.24. The second kappa shape index (κ2) is 10.3. The van der Waals surface area contributed by atoms with Crippen LogP contribution in [0.25, 0.3) is 0 Å². The van der Waals surface area contributed by atoms with Crippen LogP contribution in [0, 0.1) is 6.92 Å². The van der Waals surface area contributed by atoms with Crippen LogP contribution in [0.2, 0.25) is 0 Å². The van der Waals surface area contributed by atoms with Crippen LogP contribution in [0.1, 0.15) is 25.8 Å². The Morgan fingerprint density at radius 1 is 1.07 bits per heavy atom. The van der Waals surface area contributed by atoms with Gasteiger partial charge in [-0.1, -0.05) is 24.6 Å². The first-order valence-corrected chi connectivity index (χ1v) is 11.6. The molecule has 0 bridgehead atoms. The molecule has 0 fully saturated rings. The van der Waals surface area contributed by atoms with Crippen molar-refractivity contribution in [3.05, 3.63) is 54.1 Å². The number of nitrogens with one attached hydrogen (secondary N) is 1. The second-order valence-electron chi connectivity index (χ2n) is 7.21. The molecule has 164 valence electrons. The number of hydrogen-bond acceptors (Lipinski definition) is 5. The van der Waals surface area contributed by atoms with Gasteiger partial charge in [0.25, 0.3) is 0 Å². The van der Waals surface area contributed by atoms with Crippen molar-refractivity contribution in [2.75, 3.05) is 24.3 Å². The molecule has 0 aromatic heterocycles. The molecule has 0 aliphatic rings. The van der Waals surface area contributed by atoms with Gasteiger partial charge in [0.2, 0.25) is 15.9 Å². The third-order valence-electron chi connectivity index (χ3n) is 4.57. The smallest absolute Gasteiger partial charge is 0.244 e. The van der Waals surface area contributed by atoms with E-state index in [0.717, 1.165) is 17.6 Å². The molecule has 0 saturated heterocycles. The van der Waals surface area contributed by atoms with Crippen LogP contribution in [0.15, 0.2) is 48.5 Å². The van der Waals surface area contributed by atoms with E-state index in [-0.39, 0.29) is 18.6 Å². The zero-order valence-corrected chi connectivity index (χ0v) is 18.9. The minimum absolute atomic E-state index is 0.248. The molecule has 8 heteroatoms. The fraction of sp³-hybridized carbons (Fsp3) is 0.409. The third kappa shape index (κ3) is 6.38. The third-order valence-corrected chi connectivity index (χ3v) is 5.75. The van der Waals surface area contributed by atoms with Crippen LogP contribution in [-0.4, -0.2) is 46.4 Å². The number of ether oxygens (including phenoxy) is 2. The number of sulfonamides is 1. The molecule has 0 aliphatic carbocycles. The van der Waals surface area contributed by atoms with Gasteiger partial charge in [0.1, 0.15) is 24.1 Å². The highest BCUT2D eigenvalue weighted by Gasteiger charge is 2.32. The fourth-order valence-electron chi connectivity index (χ4n) is 3.03. The molecule has 2 aromatic rings. The van der Waals surface area contributed by atoms with Crippen molar-refractivity contribution in [1.82, 2.24) is 5.32 Å². The molecule has 2 unspecified atom stereocenters. The van der Waals surface area contributed by atoms with Crippen molar-refractivity contribution in [3.8, 4) is 11.5 Å². The summed E-state index contributed by atoms with van der Waals surface area (Å²) in [5, 5.41) is 2.86. The monoisotopic (exact) mass is 434 g/mol. The van der Waals surface area contributed by atoms with E-state index in [9.17, 15) is 13.2 Å². The van der Waals surface area contributed by atoms with E-state index >= 15 is 0 Å². The largest absolute Gasteiger partial charge is 0.497 e. The first-order valence-electron chi connectivity index (χ1n) is 9.79. The van der Waals surface area contributed by atoms with E-state index in [4.69, 9.17) is 9.47 Å². The lowest BCUT2D eigenvalue weighted by Crippen LogP contribution is -2.52. The van der Waals surface area contributed by atoms with Gasteiger partial charge in [-0.15, -0.1) is 0 Å². The summed E-state index contributed by atoms with van der Waals surface area (Å²) >= 11 is 0. The summed E-state index contributed by atoms with van der Waals surface area (Å²) in [5.74, 6) is 1.02. The van der Waals surface area contributed by atoms with E-state index in [2.05, 4.69) is 5.32 Å². The molecule has 0 heterocycles. The van der Waals surface area contributed by atoms with Crippen molar-refractivity contribution in [2.45, 2.75) is 39.3 Å². The van der Waals surface area contributed by atoms with Crippen LogP contribution in [0.4, 0.5) is 5.69 Å². The summed E-state index contributed by atoms with van der Waals surface area (Å²) in [4.78, 5) is 12.9. The van der Waals surface area contributed by atoms with Gasteiger partial charge in [-0.05, 0) is 56.7 Å². The van der Waals surface area contributed by atoms with Crippen molar-refractivity contribution in [3.63, 3.8) is 0 Å². The number of hydrogen-bond donors (Lipinski definition) is 1. The minimum Gasteiger partial charge on any atom is -0.497 e.